The molecule has 0 atom stereocenters. The molecule has 0 aliphatic rings. The van der Waals surface area contributed by atoms with Crippen molar-refractivity contribution in [2.75, 3.05) is 14.2 Å². The van der Waals surface area contributed by atoms with Gasteiger partial charge in [0.05, 0.1) is 42.6 Å². The van der Waals surface area contributed by atoms with Gasteiger partial charge in [-0.1, -0.05) is 36.4 Å². The molecular formula is C29H28N4O4. The highest BCUT2D eigenvalue weighted by atomic mass is 16.5. The molecule has 0 radical (unpaired) electrons. The van der Waals surface area contributed by atoms with Gasteiger partial charge < -0.3 is 9.47 Å². The van der Waals surface area contributed by atoms with Crippen molar-refractivity contribution in [1.82, 2.24) is 19.6 Å². The summed E-state index contributed by atoms with van der Waals surface area (Å²) in [7, 11) is 3.15. The van der Waals surface area contributed by atoms with Gasteiger partial charge in [0.15, 0.2) is 0 Å². The lowest BCUT2D eigenvalue weighted by Crippen LogP contribution is -2.25. The quantitative estimate of drug-likeness (QED) is 0.348. The third-order valence-corrected chi connectivity index (χ3v) is 6.59. The first kappa shape index (κ1) is 24.0. The topological polar surface area (TPSA) is 94.0 Å². The average Bonchev–Trinajstić information content (AvgIpc) is 3.40. The van der Waals surface area contributed by atoms with Crippen LogP contribution in [0.1, 0.15) is 34.0 Å². The minimum Gasteiger partial charge on any atom is -0.497 e. The molecule has 0 saturated heterocycles. The first-order chi connectivity index (χ1) is 17.9. The highest BCUT2D eigenvalue weighted by Gasteiger charge is 2.33. The zero-order valence-corrected chi connectivity index (χ0v) is 21.1. The smallest absolute Gasteiger partial charge is 0.275 e. The van der Waals surface area contributed by atoms with Crippen molar-refractivity contribution >= 4 is 0 Å². The number of aromatic amines is 2. The molecule has 5 rings (SSSR count). The van der Waals surface area contributed by atoms with E-state index in [2.05, 4.69) is 10.2 Å². The second-order valence-electron chi connectivity index (χ2n) is 8.79. The van der Waals surface area contributed by atoms with E-state index in [9.17, 15) is 9.59 Å². The number of methoxy groups -OCH3 is 2. The number of nitrogens with zero attached hydrogens (tertiary/aromatic N) is 2. The molecule has 0 bridgehead atoms. The fraction of sp³-hybridized carbons (Fsp3) is 0.172. The number of aromatic nitrogens is 4. The third-order valence-electron chi connectivity index (χ3n) is 6.59. The minimum absolute atomic E-state index is 0.246. The summed E-state index contributed by atoms with van der Waals surface area (Å²) in [5.41, 5.74) is 3.77. The number of rotatable bonds is 7. The molecule has 0 fully saturated rings. The van der Waals surface area contributed by atoms with Gasteiger partial charge in [-0.05, 0) is 56.3 Å². The summed E-state index contributed by atoms with van der Waals surface area (Å²) < 4.78 is 14.2. The van der Waals surface area contributed by atoms with Crippen molar-refractivity contribution in [2.45, 2.75) is 19.8 Å². The summed E-state index contributed by atoms with van der Waals surface area (Å²) in [6.45, 7) is 3.68. The monoisotopic (exact) mass is 496 g/mol. The molecule has 0 aliphatic heterocycles. The van der Waals surface area contributed by atoms with E-state index in [1.54, 1.807) is 26.4 Å². The highest BCUT2D eigenvalue weighted by Crippen LogP contribution is 2.39. The number of hydrogen-bond acceptors (Lipinski definition) is 4. The predicted molar refractivity (Wildman–Crippen MR) is 143 cm³/mol. The minimum atomic E-state index is -0.729. The first-order valence-electron chi connectivity index (χ1n) is 11.9. The van der Waals surface area contributed by atoms with E-state index < -0.39 is 5.92 Å². The van der Waals surface area contributed by atoms with Gasteiger partial charge in [-0.3, -0.25) is 19.8 Å². The SMILES string of the molecule is COc1ccc(OC)c(C(c2c(C)[nH]n(-c3ccccc3)c2=O)c2c(C)[nH]n(-c3ccccc3)c2=O)c1. The molecule has 8 nitrogen and oxygen atoms in total. The van der Waals surface area contributed by atoms with Crippen LogP contribution in [0.2, 0.25) is 0 Å². The van der Waals surface area contributed by atoms with Crippen molar-refractivity contribution in [3.05, 3.63) is 128 Å². The predicted octanol–water partition coefficient (Wildman–Crippen LogP) is 4.46. The molecule has 0 saturated carbocycles. The highest BCUT2D eigenvalue weighted by molar-refractivity contribution is 5.54. The Morgan fingerprint density at radius 1 is 0.676 bits per heavy atom. The maximum absolute atomic E-state index is 14.0. The van der Waals surface area contributed by atoms with Gasteiger partial charge in [0.2, 0.25) is 0 Å². The van der Waals surface area contributed by atoms with E-state index in [4.69, 9.17) is 9.47 Å². The summed E-state index contributed by atoms with van der Waals surface area (Å²) in [6.07, 6.45) is 0. The fourth-order valence-electron chi connectivity index (χ4n) is 4.84. The number of ether oxygens (including phenoxy) is 2. The van der Waals surface area contributed by atoms with Crippen LogP contribution in [0.4, 0.5) is 0 Å². The maximum atomic E-state index is 14.0. The molecule has 5 aromatic rings. The first-order valence-corrected chi connectivity index (χ1v) is 11.9. The van der Waals surface area contributed by atoms with Crippen LogP contribution in [0.5, 0.6) is 11.5 Å². The van der Waals surface area contributed by atoms with Gasteiger partial charge in [0.25, 0.3) is 11.1 Å². The lowest BCUT2D eigenvalue weighted by Gasteiger charge is -2.19. The molecule has 37 heavy (non-hydrogen) atoms. The van der Waals surface area contributed by atoms with E-state index in [0.717, 1.165) is 0 Å². The van der Waals surface area contributed by atoms with Crippen LogP contribution >= 0.6 is 0 Å². The maximum Gasteiger partial charge on any atom is 0.275 e. The van der Waals surface area contributed by atoms with Crippen LogP contribution in [0.3, 0.4) is 0 Å². The van der Waals surface area contributed by atoms with Gasteiger partial charge in [-0.15, -0.1) is 0 Å². The molecule has 8 heteroatoms. The number of para-hydroxylation sites is 2. The number of nitrogens with one attached hydrogen (secondary N) is 2. The van der Waals surface area contributed by atoms with Crippen LogP contribution in [-0.2, 0) is 0 Å². The Bertz CT molecular complexity index is 1560. The van der Waals surface area contributed by atoms with E-state index in [-0.39, 0.29) is 11.1 Å². The molecule has 2 aromatic heterocycles. The van der Waals surface area contributed by atoms with Crippen LogP contribution < -0.4 is 20.6 Å². The molecule has 0 unspecified atom stereocenters. The van der Waals surface area contributed by atoms with Gasteiger partial charge in [-0.25, -0.2) is 9.36 Å². The Hall–Kier alpha value is -4.72. The van der Waals surface area contributed by atoms with Gasteiger partial charge in [0, 0.05) is 17.0 Å². The normalized spacial score (nSPS) is 11.2. The van der Waals surface area contributed by atoms with Crippen LogP contribution in [0.15, 0.2) is 88.5 Å². The number of H-pyrrole nitrogens is 2. The van der Waals surface area contributed by atoms with E-state index in [0.29, 0.717) is 51.0 Å². The Morgan fingerprint density at radius 2 is 1.16 bits per heavy atom. The zero-order valence-electron chi connectivity index (χ0n) is 21.1. The number of benzene rings is 3. The average molecular weight is 497 g/mol. The zero-order chi connectivity index (χ0) is 26.1. The molecule has 2 heterocycles. The van der Waals surface area contributed by atoms with Crippen LogP contribution in [0.25, 0.3) is 11.4 Å². The van der Waals surface area contributed by atoms with Gasteiger partial charge in [0.1, 0.15) is 11.5 Å². The van der Waals surface area contributed by atoms with Crippen LogP contribution in [0, 0.1) is 13.8 Å². The molecular weight excluding hydrogens is 468 g/mol. The Kier molecular flexibility index (Phi) is 6.31. The molecule has 0 spiro atoms. The second-order valence-corrected chi connectivity index (χ2v) is 8.79. The number of aryl methyl sites for hydroxylation is 2. The van der Waals surface area contributed by atoms with Crippen molar-refractivity contribution in [1.29, 1.82) is 0 Å². The van der Waals surface area contributed by atoms with Gasteiger partial charge >= 0.3 is 0 Å². The lowest BCUT2D eigenvalue weighted by atomic mass is 9.84. The van der Waals surface area contributed by atoms with Crippen molar-refractivity contribution in [3.63, 3.8) is 0 Å². The van der Waals surface area contributed by atoms with E-state index in [1.807, 2.05) is 80.6 Å². The largest absolute Gasteiger partial charge is 0.497 e. The summed E-state index contributed by atoms with van der Waals surface area (Å²) in [5, 5.41) is 6.41. The van der Waals surface area contributed by atoms with Crippen molar-refractivity contribution in [3.8, 4) is 22.9 Å². The summed E-state index contributed by atoms with van der Waals surface area (Å²) >= 11 is 0. The van der Waals surface area contributed by atoms with Crippen molar-refractivity contribution in [2.24, 2.45) is 0 Å². The molecule has 0 aliphatic carbocycles. The van der Waals surface area contributed by atoms with Crippen LogP contribution in [-0.4, -0.2) is 33.8 Å². The fourth-order valence-corrected chi connectivity index (χ4v) is 4.84. The summed E-state index contributed by atoms with van der Waals surface area (Å²) in [5.74, 6) is 0.407. The standard InChI is InChI=1S/C29H28N4O4/c1-18-25(28(34)32(30-18)20-11-7-5-8-12-20)27(23-17-22(36-3)15-16-24(23)37-4)26-19(2)31-33(29(26)35)21-13-9-6-10-14-21/h5-17,27,30-31H,1-4H3. The van der Waals surface area contributed by atoms with Gasteiger partial charge in [-0.2, -0.15) is 0 Å². The molecule has 0 amide bonds. The summed E-state index contributed by atoms with van der Waals surface area (Å²) in [4.78, 5) is 27.9. The second kappa shape index (κ2) is 9.73. The molecule has 3 aromatic carbocycles. The Labute approximate surface area is 213 Å². The third kappa shape index (κ3) is 4.16. The Morgan fingerprint density at radius 3 is 1.59 bits per heavy atom. The Balaban J connectivity index is 1.83. The van der Waals surface area contributed by atoms with E-state index >= 15 is 0 Å². The number of hydrogen-bond donors (Lipinski definition) is 2. The molecule has 188 valence electrons. The summed E-state index contributed by atoms with van der Waals surface area (Å²) in [6, 6.07) is 24.1. The van der Waals surface area contributed by atoms with Crippen molar-refractivity contribution < 1.29 is 9.47 Å². The van der Waals surface area contributed by atoms with E-state index in [1.165, 1.54) is 9.36 Å². The molecule has 2 N–H and O–H groups in total. The lowest BCUT2D eigenvalue weighted by molar-refractivity contribution is 0.398.